The van der Waals surface area contributed by atoms with Crippen LogP contribution in [0.1, 0.15) is 24.7 Å². The molecule has 1 aromatic carbocycles. The van der Waals surface area contributed by atoms with Gasteiger partial charge in [0.25, 0.3) is 0 Å². The third-order valence-corrected chi connectivity index (χ3v) is 3.50. The summed E-state index contributed by atoms with van der Waals surface area (Å²) in [6, 6.07) is 6.92. The molecule has 1 unspecified atom stereocenters. The van der Waals surface area contributed by atoms with E-state index in [4.69, 9.17) is 19.3 Å². The molecule has 6 nitrogen and oxygen atoms in total. The average Bonchev–Trinajstić information content (AvgIpc) is 2.52. The van der Waals surface area contributed by atoms with E-state index in [1.165, 1.54) is 0 Å². The molecule has 6 heteroatoms. The van der Waals surface area contributed by atoms with Crippen LogP contribution in [0.2, 0.25) is 0 Å². The van der Waals surface area contributed by atoms with Crippen molar-refractivity contribution in [2.75, 3.05) is 20.3 Å². The number of aliphatic hydroxyl groups is 3. The van der Waals surface area contributed by atoms with Crippen molar-refractivity contribution >= 4 is 0 Å². The third kappa shape index (κ3) is 4.66. The van der Waals surface area contributed by atoms with Crippen molar-refractivity contribution in [2.45, 2.75) is 37.4 Å². The van der Waals surface area contributed by atoms with Gasteiger partial charge in [-0.1, -0.05) is 12.1 Å². The van der Waals surface area contributed by atoms with E-state index in [0.717, 1.165) is 0 Å². The van der Waals surface area contributed by atoms with Crippen LogP contribution in [0.25, 0.3) is 0 Å². The predicted octanol–water partition coefficient (Wildman–Crippen LogP) is 0.603. The summed E-state index contributed by atoms with van der Waals surface area (Å²) >= 11 is 0. The molecule has 0 bridgehead atoms. The summed E-state index contributed by atoms with van der Waals surface area (Å²) in [5.41, 5.74) is 0.617. The Bertz CT molecular complexity index is 421. The van der Waals surface area contributed by atoms with Crippen LogP contribution in [0.3, 0.4) is 0 Å². The Hall–Kier alpha value is -1.18. The number of hydrogen-bond donors (Lipinski definition) is 3. The Labute approximate surface area is 123 Å². The number of benzene rings is 1. The van der Waals surface area contributed by atoms with Gasteiger partial charge in [0, 0.05) is 18.4 Å². The van der Waals surface area contributed by atoms with E-state index < -0.39 is 12.4 Å². The second-order valence-corrected chi connectivity index (χ2v) is 5.15. The summed E-state index contributed by atoms with van der Waals surface area (Å²) in [5, 5.41) is 28.8. The first-order valence-electron chi connectivity index (χ1n) is 7.00. The van der Waals surface area contributed by atoms with Crippen LogP contribution in [-0.4, -0.2) is 54.0 Å². The molecule has 1 aromatic rings. The first kappa shape index (κ1) is 16.2. The van der Waals surface area contributed by atoms with Crippen LogP contribution in [0.15, 0.2) is 24.3 Å². The molecule has 1 fully saturated rings. The van der Waals surface area contributed by atoms with E-state index in [9.17, 15) is 10.2 Å². The molecule has 0 aromatic heterocycles. The monoisotopic (exact) mass is 298 g/mol. The zero-order valence-corrected chi connectivity index (χ0v) is 12.0. The van der Waals surface area contributed by atoms with Crippen LogP contribution < -0.4 is 4.74 Å². The topological polar surface area (TPSA) is 88.4 Å². The van der Waals surface area contributed by atoms with Gasteiger partial charge in [0.05, 0.1) is 38.6 Å². The minimum atomic E-state index is -1.06. The summed E-state index contributed by atoms with van der Waals surface area (Å²) in [6.07, 6.45) is -1.42. The largest absolute Gasteiger partial charge is 0.497 e. The molecule has 21 heavy (non-hydrogen) atoms. The van der Waals surface area contributed by atoms with Gasteiger partial charge in [-0.15, -0.1) is 0 Å². The standard InChI is InChI=1S/C15H22O6/c1-19-12-4-2-10(3-5-12)15(18)20-9-14-7-11(17)6-13(8-16)21-14/h2-5,11,13-18H,6-9H2,1H3/t11-,13-,14-,15?/m0/s1. The van der Waals surface area contributed by atoms with E-state index in [-0.39, 0.29) is 25.4 Å². The Kier molecular flexibility index (Phi) is 5.96. The Morgan fingerprint density at radius 2 is 1.90 bits per heavy atom. The van der Waals surface area contributed by atoms with Gasteiger partial charge in [0.15, 0.2) is 6.29 Å². The first-order chi connectivity index (χ1) is 10.1. The highest BCUT2D eigenvalue weighted by Gasteiger charge is 2.28. The molecule has 3 N–H and O–H groups in total. The minimum Gasteiger partial charge on any atom is -0.497 e. The molecule has 0 aliphatic carbocycles. The number of rotatable bonds is 6. The average molecular weight is 298 g/mol. The fraction of sp³-hybridized carbons (Fsp3) is 0.600. The molecular weight excluding hydrogens is 276 g/mol. The van der Waals surface area contributed by atoms with Gasteiger partial charge in [-0.05, 0) is 12.1 Å². The van der Waals surface area contributed by atoms with Gasteiger partial charge < -0.3 is 29.5 Å². The summed E-state index contributed by atoms with van der Waals surface area (Å²) in [4.78, 5) is 0. The van der Waals surface area contributed by atoms with E-state index in [1.807, 2.05) is 0 Å². The van der Waals surface area contributed by atoms with E-state index in [0.29, 0.717) is 24.2 Å². The number of ether oxygens (including phenoxy) is 3. The van der Waals surface area contributed by atoms with Crippen LogP contribution in [-0.2, 0) is 9.47 Å². The highest BCUT2D eigenvalue weighted by molar-refractivity contribution is 5.27. The molecular formula is C15H22O6. The molecule has 0 saturated carbocycles. The molecule has 1 heterocycles. The van der Waals surface area contributed by atoms with Crippen molar-refractivity contribution in [3.63, 3.8) is 0 Å². The van der Waals surface area contributed by atoms with Crippen molar-refractivity contribution < 1.29 is 29.5 Å². The van der Waals surface area contributed by atoms with Crippen molar-refractivity contribution in [3.8, 4) is 5.75 Å². The Balaban J connectivity index is 1.83. The molecule has 4 atom stereocenters. The number of methoxy groups -OCH3 is 1. The summed E-state index contributed by atoms with van der Waals surface area (Å²) in [5.74, 6) is 0.704. The van der Waals surface area contributed by atoms with E-state index in [1.54, 1.807) is 31.4 Å². The lowest BCUT2D eigenvalue weighted by molar-refractivity contribution is -0.173. The zero-order chi connectivity index (χ0) is 15.2. The highest BCUT2D eigenvalue weighted by atomic mass is 16.6. The van der Waals surface area contributed by atoms with Crippen LogP contribution >= 0.6 is 0 Å². The first-order valence-corrected chi connectivity index (χ1v) is 7.00. The maximum absolute atomic E-state index is 9.97. The second kappa shape index (κ2) is 7.72. The summed E-state index contributed by atoms with van der Waals surface area (Å²) in [7, 11) is 1.57. The van der Waals surface area contributed by atoms with E-state index >= 15 is 0 Å². The van der Waals surface area contributed by atoms with Crippen molar-refractivity contribution in [1.82, 2.24) is 0 Å². The van der Waals surface area contributed by atoms with Crippen LogP contribution in [0, 0.1) is 0 Å². The van der Waals surface area contributed by atoms with Gasteiger partial charge in [-0.25, -0.2) is 0 Å². The SMILES string of the molecule is COc1ccc(C(O)OC[C@@H]2C[C@@H](O)C[C@@H](CO)O2)cc1. The molecule has 1 aliphatic heterocycles. The van der Waals surface area contributed by atoms with Gasteiger partial charge >= 0.3 is 0 Å². The lowest BCUT2D eigenvalue weighted by Crippen LogP contribution is -2.40. The van der Waals surface area contributed by atoms with Gasteiger partial charge in [-0.3, -0.25) is 0 Å². The van der Waals surface area contributed by atoms with E-state index in [2.05, 4.69) is 0 Å². The normalized spacial score (nSPS) is 27.3. The van der Waals surface area contributed by atoms with Crippen molar-refractivity contribution in [3.05, 3.63) is 29.8 Å². The summed E-state index contributed by atoms with van der Waals surface area (Å²) < 4.78 is 16.0. The van der Waals surface area contributed by atoms with Crippen molar-refractivity contribution in [2.24, 2.45) is 0 Å². The molecule has 1 aliphatic rings. The second-order valence-electron chi connectivity index (χ2n) is 5.15. The number of hydrogen-bond acceptors (Lipinski definition) is 6. The van der Waals surface area contributed by atoms with Crippen LogP contribution in [0.4, 0.5) is 0 Å². The van der Waals surface area contributed by atoms with Gasteiger partial charge in [0.2, 0.25) is 0 Å². The fourth-order valence-corrected chi connectivity index (χ4v) is 2.37. The van der Waals surface area contributed by atoms with Crippen molar-refractivity contribution in [1.29, 1.82) is 0 Å². The fourth-order valence-electron chi connectivity index (χ4n) is 2.37. The molecule has 0 radical (unpaired) electrons. The Morgan fingerprint density at radius 1 is 1.24 bits per heavy atom. The van der Waals surface area contributed by atoms with Crippen LogP contribution in [0.5, 0.6) is 5.75 Å². The maximum Gasteiger partial charge on any atom is 0.181 e. The Morgan fingerprint density at radius 3 is 2.52 bits per heavy atom. The molecule has 118 valence electrons. The smallest absolute Gasteiger partial charge is 0.181 e. The molecule has 0 spiro atoms. The quantitative estimate of drug-likeness (QED) is 0.667. The number of aliphatic hydroxyl groups excluding tert-OH is 3. The maximum atomic E-state index is 9.97. The summed E-state index contributed by atoms with van der Waals surface area (Å²) in [6.45, 7) is 0.0232. The molecule has 2 rings (SSSR count). The van der Waals surface area contributed by atoms with Gasteiger partial charge in [-0.2, -0.15) is 0 Å². The molecule has 1 saturated heterocycles. The van der Waals surface area contributed by atoms with Gasteiger partial charge in [0.1, 0.15) is 5.75 Å². The lowest BCUT2D eigenvalue weighted by atomic mass is 10.0. The zero-order valence-electron chi connectivity index (χ0n) is 12.0. The lowest BCUT2D eigenvalue weighted by Gasteiger charge is -2.32. The minimum absolute atomic E-state index is 0.130. The highest BCUT2D eigenvalue weighted by Crippen LogP contribution is 2.23. The molecule has 0 amide bonds. The predicted molar refractivity (Wildman–Crippen MR) is 74.9 cm³/mol. The third-order valence-electron chi connectivity index (χ3n) is 3.50.